The highest BCUT2D eigenvalue weighted by atomic mass is 16.2. The van der Waals surface area contributed by atoms with Gasteiger partial charge in [0.1, 0.15) is 12.6 Å². The van der Waals surface area contributed by atoms with Crippen molar-refractivity contribution in [3.05, 3.63) is 71.9 Å². The fourth-order valence-electron chi connectivity index (χ4n) is 4.68. The molecule has 3 aromatic rings. The molecule has 2 heterocycles. The van der Waals surface area contributed by atoms with Gasteiger partial charge in [-0.2, -0.15) is 0 Å². The van der Waals surface area contributed by atoms with Crippen molar-refractivity contribution in [1.82, 2.24) is 20.1 Å². The number of H-pyrrole nitrogens is 1. The van der Waals surface area contributed by atoms with Gasteiger partial charge in [0.15, 0.2) is 0 Å². The molecule has 4 amide bonds. The summed E-state index contributed by atoms with van der Waals surface area (Å²) in [5.41, 5.74) is 2.99. The maximum Gasteiger partial charge on any atom is 0.325 e. The van der Waals surface area contributed by atoms with Gasteiger partial charge in [0, 0.05) is 36.1 Å². The Hall–Kier alpha value is -3.61. The molecule has 5 rings (SSSR count). The van der Waals surface area contributed by atoms with E-state index < -0.39 is 12.1 Å². The molecule has 1 saturated carbocycles. The highest BCUT2D eigenvalue weighted by Gasteiger charge is 2.41. The number of hydrogen-bond donors (Lipinski definition) is 2. The molecule has 0 radical (unpaired) electrons. The van der Waals surface area contributed by atoms with Crippen LogP contribution in [0.5, 0.6) is 0 Å². The predicted octanol–water partition coefficient (Wildman–Crippen LogP) is 3.46. The van der Waals surface area contributed by atoms with Crippen molar-refractivity contribution in [2.24, 2.45) is 5.92 Å². The second-order valence-electron chi connectivity index (χ2n) is 9.08. The summed E-state index contributed by atoms with van der Waals surface area (Å²) < 4.78 is 0. The molecule has 0 unspecified atom stereocenters. The lowest BCUT2D eigenvalue weighted by atomic mass is 10.1. The molecular weight excluding hydrogens is 416 g/mol. The summed E-state index contributed by atoms with van der Waals surface area (Å²) in [5.74, 6) is -0.0674. The molecule has 1 aliphatic carbocycles. The number of nitrogens with zero attached hydrogens (tertiary/aromatic N) is 2. The number of amides is 4. The maximum absolute atomic E-state index is 13.3. The number of imide groups is 1. The minimum Gasteiger partial charge on any atom is -0.361 e. The molecule has 2 aromatic carbocycles. The Morgan fingerprint density at radius 2 is 1.82 bits per heavy atom. The predicted molar refractivity (Wildman–Crippen MR) is 125 cm³/mol. The number of rotatable bonds is 8. The zero-order valence-corrected chi connectivity index (χ0v) is 18.7. The first kappa shape index (κ1) is 21.2. The van der Waals surface area contributed by atoms with Gasteiger partial charge < -0.3 is 15.2 Å². The van der Waals surface area contributed by atoms with Crippen molar-refractivity contribution in [3.8, 4) is 0 Å². The summed E-state index contributed by atoms with van der Waals surface area (Å²) in [4.78, 5) is 45.1. The number of nitrogens with one attached hydrogen (secondary N) is 2. The topological polar surface area (TPSA) is 85.5 Å². The monoisotopic (exact) mass is 444 g/mol. The third-order valence-corrected chi connectivity index (χ3v) is 6.81. The molecule has 2 aliphatic rings. The van der Waals surface area contributed by atoms with Crippen LogP contribution in [-0.4, -0.2) is 51.3 Å². The van der Waals surface area contributed by atoms with E-state index in [1.807, 2.05) is 65.7 Å². The van der Waals surface area contributed by atoms with Crippen molar-refractivity contribution in [2.45, 2.75) is 44.8 Å². The Morgan fingerprint density at radius 1 is 1.09 bits per heavy atom. The third-order valence-electron chi connectivity index (χ3n) is 6.81. The van der Waals surface area contributed by atoms with Crippen LogP contribution in [0.3, 0.4) is 0 Å². The fourth-order valence-corrected chi connectivity index (χ4v) is 4.68. The van der Waals surface area contributed by atoms with E-state index in [1.54, 1.807) is 0 Å². The molecular formula is C26H28N4O3. The van der Waals surface area contributed by atoms with E-state index in [9.17, 15) is 14.4 Å². The molecule has 7 heteroatoms. The molecule has 7 nitrogen and oxygen atoms in total. The zero-order chi connectivity index (χ0) is 22.9. The Balaban J connectivity index is 1.29. The van der Waals surface area contributed by atoms with Crippen LogP contribution in [-0.2, 0) is 22.6 Å². The summed E-state index contributed by atoms with van der Waals surface area (Å²) in [7, 11) is 0. The highest BCUT2D eigenvalue weighted by molar-refractivity contribution is 6.06. The van der Waals surface area contributed by atoms with Gasteiger partial charge in [-0.25, -0.2) is 4.79 Å². The van der Waals surface area contributed by atoms with Gasteiger partial charge in [-0.05, 0) is 42.9 Å². The van der Waals surface area contributed by atoms with Crippen molar-refractivity contribution < 1.29 is 14.4 Å². The molecule has 0 spiro atoms. The SMILES string of the molecule is C[C@@H](C1CC1)N(Cc1ccccc1)C(=O)CN1C(=O)N[C@@H](Cc2c[nH]c3ccccc23)C1=O. The average Bonchev–Trinajstić information content (AvgIpc) is 3.56. The van der Waals surface area contributed by atoms with Gasteiger partial charge in [0.25, 0.3) is 5.91 Å². The van der Waals surface area contributed by atoms with E-state index in [1.165, 1.54) is 0 Å². The number of carbonyl (C=O) groups excluding carboxylic acids is 3. The number of fused-ring (bicyclic) bond motifs is 1. The van der Waals surface area contributed by atoms with Crippen LogP contribution in [0.15, 0.2) is 60.8 Å². The van der Waals surface area contributed by atoms with Gasteiger partial charge >= 0.3 is 6.03 Å². The quantitative estimate of drug-likeness (QED) is 0.522. The number of benzene rings is 2. The molecule has 0 bridgehead atoms. The van der Waals surface area contributed by atoms with E-state index in [0.29, 0.717) is 18.9 Å². The Labute approximate surface area is 192 Å². The van der Waals surface area contributed by atoms with Gasteiger partial charge in [0.05, 0.1) is 0 Å². The van der Waals surface area contributed by atoms with E-state index in [4.69, 9.17) is 0 Å². The van der Waals surface area contributed by atoms with Crippen LogP contribution in [0.25, 0.3) is 10.9 Å². The van der Waals surface area contributed by atoms with E-state index >= 15 is 0 Å². The summed E-state index contributed by atoms with van der Waals surface area (Å²) >= 11 is 0. The minimum absolute atomic E-state index is 0.0699. The van der Waals surface area contributed by atoms with Crippen LogP contribution >= 0.6 is 0 Å². The smallest absolute Gasteiger partial charge is 0.325 e. The van der Waals surface area contributed by atoms with Gasteiger partial charge in [-0.15, -0.1) is 0 Å². The van der Waals surface area contributed by atoms with Gasteiger partial charge in [-0.1, -0.05) is 48.5 Å². The zero-order valence-electron chi connectivity index (χ0n) is 18.7. The summed E-state index contributed by atoms with van der Waals surface area (Å²) in [6.45, 7) is 2.29. The first-order valence-electron chi connectivity index (χ1n) is 11.5. The molecule has 2 fully saturated rings. The first-order chi connectivity index (χ1) is 16.0. The van der Waals surface area contributed by atoms with Crippen molar-refractivity contribution in [2.75, 3.05) is 6.54 Å². The van der Waals surface area contributed by atoms with Crippen LogP contribution in [0.4, 0.5) is 4.79 Å². The van der Waals surface area contributed by atoms with E-state index in [2.05, 4.69) is 17.2 Å². The molecule has 170 valence electrons. The molecule has 33 heavy (non-hydrogen) atoms. The number of hydrogen-bond acceptors (Lipinski definition) is 3. The second kappa shape index (κ2) is 8.73. The maximum atomic E-state index is 13.3. The van der Waals surface area contributed by atoms with Crippen LogP contribution in [0.1, 0.15) is 30.9 Å². The van der Waals surface area contributed by atoms with E-state index in [0.717, 1.165) is 39.8 Å². The van der Waals surface area contributed by atoms with Crippen LogP contribution < -0.4 is 5.32 Å². The molecule has 2 atom stereocenters. The summed E-state index contributed by atoms with van der Waals surface area (Å²) in [6, 6.07) is 16.6. The Kier molecular flexibility index (Phi) is 5.62. The normalized spacial score (nSPS) is 19.1. The lowest BCUT2D eigenvalue weighted by molar-refractivity contribution is -0.139. The summed E-state index contributed by atoms with van der Waals surface area (Å²) in [5, 5.41) is 3.80. The lowest BCUT2D eigenvalue weighted by Gasteiger charge is -2.30. The molecule has 1 aromatic heterocycles. The molecule has 1 aliphatic heterocycles. The van der Waals surface area contributed by atoms with E-state index in [-0.39, 0.29) is 24.4 Å². The Morgan fingerprint density at radius 3 is 2.58 bits per heavy atom. The van der Waals surface area contributed by atoms with Crippen LogP contribution in [0.2, 0.25) is 0 Å². The standard InChI is InChI=1S/C26H28N4O3/c1-17(19-11-12-19)29(15-18-7-3-2-4-8-18)24(31)16-30-25(32)23(28-26(30)33)13-20-14-27-22-10-6-5-9-21(20)22/h2-10,14,17,19,23,27H,11-13,15-16H2,1H3,(H,28,33)/t17-,23-/m0/s1. The fraction of sp³-hybridized carbons (Fsp3) is 0.346. The van der Waals surface area contributed by atoms with Crippen LogP contribution in [0, 0.1) is 5.92 Å². The molecule has 2 N–H and O–H groups in total. The summed E-state index contributed by atoms with van der Waals surface area (Å²) in [6.07, 6.45) is 4.47. The van der Waals surface area contributed by atoms with Gasteiger partial charge in [0.2, 0.25) is 5.91 Å². The third kappa shape index (κ3) is 4.35. The molecule has 1 saturated heterocycles. The number of aromatic amines is 1. The average molecular weight is 445 g/mol. The number of para-hydroxylation sites is 1. The second-order valence-corrected chi connectivity index (χ2v) is 9.08. The number of carbonyl (C=O) groups is 3. The van der Waals surface area contributed by atoms with Crippen molar-refractivity contribution in [1.29, 1.82) is 0 Å². The minimum atomic E-state index is -0.673. The van der Waals surface area contributed by atoms with Gasteiger partial charge in [-0.3, -0.25) is 14.5 Å². The van der Waals surface area contributed by atoms with Crippen molar-refractivity contribution in [3.63, 3.8) is 0 Å². The van der Waals surface area contributed by atoms with Crippen molar-refractivity contribution >= 4 is 28.7 Å². The Bertz CT molecular complexity index is 1180. The first-order valence-corrected chi connectivity index (χ1v) is 11.5. The number of urea groups is 1. The lowest BCUT2D eigenvalue weighted by Crippen LogP contribution is -2.47. The largest absolute Gasteiger partial charge is 0.361 e. The number of aromatic nitrogens is 1. The highest BCUT2D eigenvalue weighted by Crippen LogP contribution is 2.36.